The van der Waals surface area contributed by atoms with Crippen LogP contribution in [-0.2, 0) is 11.3 Å². The van der Waals surface area contributed by atoms with E-state index >= 15 is 0 Å². The summed E-state index contributed by atoms with van der Waals surface area (Å²) >= 11 is 0. The highest BCUT2D eigenvalue weighted by Gasteiger charge is 2.16. The second-order valence-electron chi connectivity index (χ2n) is 4.83. The van der Waals surface area contributed by atoms with Crippen LogP contribution in [0.5, 0.6) is 0 Å². The number of nitro benzene ring substituents is 1. The first-order valence-electron chi connectivity index (χ1n) is 6.68. The quantitative estimate of drug-likeness (QED) is 0.638. The fourth-order valence-corrected chi connectivity index (χ4v) is 1.97. The summed E-state index contributed by atoms with van der Waals surface area (Å²) < 4.78 is 5.21. The van der Waals surface area contributed by atoms with Gasteiger partial charge < -0.3 is 4.74 Å². The summed E-state index contributed by atoms with van der Waals surface area (Å²) in [5, 5.41) is 10.8. The topological polar surface area (TPSA) is 72.7 Å². The van der Waals surface area contributed by atoms with E-state index in [2.05, 4.69) is 0 Å². The molecule has 22 heavy (non-hydrogen) atoms. The molecule has 6 nitrogen and oxygen atoms in total. The van der Waals surface area contributed by atoms with Crippen molar-refractivity contribution in [3.63, 3.8) is 0 Å². The molecule has 0 aliphatic rings. The van der Waals surface area contributed by atoms with Gasteiger partial charge in [-0.15, -0.1) is 0 Å². The van der Waals surface area contributed by atoms with Gasteiger partial charge in [-0.05, 0) is 24.6 Å². The normalized spacial score (nSPS) is 10.1. The van der Waals surface area contributed by atoms with Crippen LogP contribution in [0, 0.1) is 17.0 Å². The zero-order valence-corrected chi connectivity index (χ0v) is 12.4. The average Bonchev–Trinajstić information content (AvgIpc) is 2.52. The number of hydrogen-bond acceptors (Lipinski definition) is 4. The molecular weight excluding hydrogens is 284 g/mol. The van der Waals surface area contributed by atoms with Crippen molar-refractivity contribution in [2.24, 2.45) is 0 Å². The lowest BCUT2D eigenvalue weighted by Gasteiger charge is -2.17. The molecular formula is C16H16N2O4. The Kier molecular flexibility index (Phi) is 4.73. The molecule has 114 valence electrons. The van der Waals surface area contributed by atoms with E-state index in [1.807, 2.05) is 30.3 Å². The third-order valence-electron chi connectivity index (χ3n) is 3.24. The van der Waals surface area contributed by atoms with Crippen molar-refractivity contribution < 1.29 is 14.5 Å². The van der Waals surface area contributed by atoms with Crippen LogP contribution >= 0.6 is 0 Å². The van der Waals surface area contributed by atoms with Gasteiger partial charge in [-0.25, -0.2) is 4.79 Å². The maximum absolute atomic E-state index is 12.0. The molecule has 2 aromatic rings. The second-order valence-corrected chi connectivity index (χ2v) is 4.83. The molecule has 0 bridgehead atoms. The minimum absolute atomic E-state index is 0.0230. The number of carbonyl (C=O) groups is 1. The number of nitrogens with zero attached hydrogens (tertiary/aromatic N) is 2. The minimum Gasteiger partial charge on any atom is -0.444 e. The lowest BCUT2D eigenvalue weighted by Crippen LogP contribution is -2.27. The summed E-state index contributed by atoms with van der Waals surface area (Å²) in [4.78, 5) is 23.7. The number of anilines is 1. The van der Waals surface area contributed by atoms with Crippen LogP contribution in [-0.4, -0.2) is 18.1 Å². The van der Waals surface area contributed by atoms with Crippen molar-refractivity contribution in [2.45, 2.75) is 13.5 Å². The van der Waals surface area contributed by atoms with Gasteiger partial charge in [-0.1, -0.05) is 30.3 Å². The summed E-state index contributed by atoms with van der Waals surface area (Å²) in [5.74, 6) is 0. The van der Waals surface area contributed by atoms with Crippen molar-refractivity contribution in [3.05, 3.63) is 69.8 Å². The fourth-order valence-electron chi connectivity index (χ4n) is 1.97. The van der Waals surface area contributed by atoms with E-state index in [0.717, 1.165) is 5.56 Å². The Morgan fingerprint density at radius 3 is 2.50 bits per heavy atom. The minimum atomic E-state index is -0.517. The van der Waals surface area contributed by atoms with E-state index in [9.17, 15) is 14.9 Å². The lowest BCUT2D eigenvalue weighted by molar-refractivity contribution is -0.385. The maximum atomic E-state index is 12.0. The molecule has 0 aliphatic carbocycles. The summed E-state index contributed by atoms with van der Waals surface area (Å²) in [6.45, 7) is 1.81. The molecule has 0 fully saturated rings. The second kappa shape index (κ2) is 6.71. The molecule has 0 aliphatic heterocycles. The number of aryl methyl sites for hydroxylation is 1. The highest BCUT2D eigenvalue weighted by Crippen LogP contribution is 2.24. The third kappa shape index (κ3) is 3.60. The van der Waals surface area contributed by atoms with Crippen molar-refractivity contribution >= 4 is 17.5 Å². The van der Waals surface area contributed by atoms with Crippen molar-refractivity contribution in [1.82, 2.24) is 0 Å². The Hall–Kier alpha value is -2.89. The highest BCUT2D eigenvalue weighted by molar-refractivity contribution is 5.87. The third-order valence-corrected chi connectivity index (χ3v) is 3.24. The van der Waals surface area contributed by atoms with Crippen LogP contribution in [0.3, 0.4) is 0 Å². The predicted octanol–water partition coefficient (Wildman–Crippen LogP) is 3.68. The lowest BCUT2D eigenvalue weighted by atomic mass is 10.2. The van der Waals surface area contributed by atoms with Gasteiger partial charge in [0.25, 0.3) is 5.69 Å². The van der Waals surface area contributed by atoms with E-state index < -0.39 is 11.0 Å². The molecule has 0 aromatic heterocycles. The summed E-state index contributed by atoms with van der Waals surface area (Å²) in [7, 11) is 1.56. The zero-order valence-electron chi connectivity index (χ0n) is 12.4. The molecule has 0 saturated carbocycles. The summed E-state index contributed by atoms with van der Waals surface area (Å²) in [6, 6.07) is 13.8. The Bertz CT molecular complexity index is 686. The smallest absolute Gasteiger partial charge is 0.414 e. The van der Waals surface area contributed by atoms with E-state index in [1.165, 1.54) is 17.0 Å². The van der Waals surface area contributed by atoms with Gasteiger partial charge in [0.2, 0.25) is 0 Å². The fraction of sp³-hybridized carbons (Fsp3) is 0.188. The molecule has 2 aromatic carbocycles. The summed E-state index contributed by atoms with van der Waals surface area (Å²) in [5.41, 5.74) is 1.95. The van der Waals surface area contributed by atoms with Crippen molar-refractivity contribution in [2.75, 3.05) is 11.9 Å². The molecule has 0 N–H and O–H groups in total. The molecule has 6 heteroatoms. The maximum Gasteiger partial charge on any atom is 0.414 e. The van der Waals surface area contributed by atoms with Gasteiger partial charge in [-0.3, -0.25) is 15.0 Å². The Labute approximate surface area is 128 Å². The number of amides is 1. The molecule has 0 atom stereocenters. The number of carbonyl (C=O) groups excluding carboxylic acids is 1. The van der Waals surface area contributed by atoms with Gasteiger partial charge in [0.1, 0.15) is 6.61 Å². The first kappa shape index (κ1) is 15.5. The van der Waals surface area contributed by atoms with Crippen LogP contribution in [0.15, 0.2) is 48.5 Å². The van der Waals surface area contributed by atoms with Gasteiger partial charge in [0.15, 0.2) is 0 Å². The van der Waals surface area contributed by atoms with Crippen LogP contribution in [0.25, 0.3) is 0 Å². The van der Waals surface area contributed by atoms with E-state index in [1.54, 1.807) is 20.0 Å². The van der Waals surface area contributed by atoms with E-state index in [0.29, 0.717) is 11.3 Å². The van der Waals surface area contributed by atoms with Crippen LogP contribution in [0.2, 0.25) is 0 Å². The van der Waals surface area contributed by atoms with Gasteiger partial charge >= 0.3 is 6.09 Å². The monoisotopic (exact) mass is 300 g/mol. The predicted molar refractivity (Wildman–Crippen MR) is 82.9 cm³/mol. The standard InChI is InChI=1S/C16H16N2O4/c1-12-10-14(8-9-15(12)18(20)21)17(2)16(19)22-11-13-6-4-3-5-7-13/h3-10H,11H2,1-2H3. The molecule has 0 saturated heterocycles. The number of nitro groups is 1. The first-order chi connectivity index (χ1) is 10.5. The van der Waals surface area contributed by atoms with Gasteiger partial charge in [0.05, 0.1) is 4.92 Å². The number of benzene rings is 2. The van der Waals surface area contributed by atoms with Crippen molar-refractivity contribution in [1.29, 1.82) is 0 Å². The number of rotatable bonds is 4. The Morgan fingerprint density at radius 2 is 1.91 bits per heavy atom. The summed E-state index contributed by atoms with van der Waals surface area (Å²) in [6.07, 6.45) is -0.517. The SMILES string of the molecule is Cc1cc(N(C)C(=O)OCc2ccccc2)ccc1[N+](=O)[O-]. The number of ether oxygens (including phenoxy) is 1. The average molecular weight is 300 g/mol. The molecule has 0 unspecified atom stereocenters. The van der Waals surface area contributed by atoms with Crippen LogP contribution < -0.4 is 4.90 Å². The molecule has 1 amide bonds. The van der Waals surface area contributed by atoms with Crippen LogP contribution in [0.1, 0.15) is 11.1 Å². The first-order valence-corrected chi connectivity index (χ1v) is 6.68. The van der Waals surface area contributed by atoms with Crippen molar-refractivity contribution in [3.8, 4) is 0 Å². The Morgan fingerprint density at radius 1 is 1.23 bits per heavy atom. The van der Waals surface area contributed by atoms with E-state index in [-0.39, 0.29) is 12.3 Å². The van der Waals surface area contributed by atoms with Gasteiger partial charge in [-0.2, -0.15) is 0 Å². The highest BCUT2D eigenvalue weighted by atomic mass is 16.6. The Balaban J connectivity index is 2.04. The van der Waals surface area contributed by atoms with Gasteiger partial charge in [0, 0.05) is 24.4 Å². The molecule has 0 heterocycles. The zero-order chi connectivity index (χ0) is 16.1. The van der Waals surface area contributed by atoms with Crippen LogP contribution in [0.4, 0.5) is 16.2 Å². The molecule has 2 rings (SSSR count). The van der Waals surface area contributed by atoms with E-state index in [4.69, 9.17) is 4.74 Å². The largest absolute Gasteiger partial charge is 0.444 e. The molecule has 0 spiro atoms. The number of hydrogen-bond donors (Lipinski definition) is 0. The molecule has 0 radical (unpaired) electrons.